The Bertz CT molecular complexity index is 1160. The Labute approximate surface area is 207 Å². The van der Waals surface area contributed by atoms with Crippen LogP contribution in [-0.2, 0) is 10.8 Å². The second-order valence-electron chi connectivity index (χ2n) is 10.7. The maximum absolute atomic E-state index is 13.0. The molecule has 35 heavy (non-hydrogen) atoms. The molecule has 0 aromatic heterocycles. The van der Waals surface area contributed by atoms with Crippen LogP contribution in [0.25, 0.3) is 0 Å². The molecule has 2 unspecified atom stereocenters. The summed E-state index contributed by atoms with van der Waals surface area (Å²) in [4.78, 5) is 26.0. The van der Waals surface area contributed by atoms with Gasteiger partial charge >= 0.3 is 11.9 Å². The van der Waals surface area contributed by atoms with Gasteiger partial charge in [0, 0.05) is 0 Å². The molecule has 0 heterocycles. The van der Waals surface area contributed by atoms with E-state index in [9.17, 15) is 9.59 Å². The molecule has 3 aromatic rings. The molecule has 0 spiro atoms. The van der Waals surface area contributed by atoms with E-state index in [1.54, 1.807) is 48.5 Å². The minimum Gasteiger partial charge on any atom is -0.419 e. The highest BCUT2D eigenvalue weighted by Crippen LogP contribution is 2.67. The van der Waals surface area contributed by atoms with Crippen molar-refractivity contribution in [3.8, 4) is 11.5 Å². The molecule has 4 heteroatoms. The Morgan fingerprint density at radius 1 is 0.657 bits per heavy atom. The molecule has 0 N–H and O–H groups in total. The number of fused-ring (bicyclic) bond motifs is 5. The molecule has 3 aromatic carbocycles. The summed E-state index contributed by atoms with van der Waals surface area (Å²) in [5.41, 5.74) is 3.45. The third-order valence-corrected chi connectivity index (χ3v) is 8.44. The predicted molar refractivity (Wildman–Crippen MR) is 136 cm³/mol. The summed E-state index contributed by atoms with van der Waals surface area (Å²) in [6.07, 6.45) is 3.31. The maximum atomic E-state index is 13.0. The van der Waals surface area contributed by atoms with Crippen LogP contribution in [0.5, 0.6) is 11.5 Å². The van der Waals surface area contributed by atoms with E-state index < -0.39 is 11.9 Å². The lowest BCUT2D eigenvalue weighted by atomic mass is 9.69. The van der Waals surface area contributed by atoms with Crippen LogP contribution in [0.3, 0.4) is 0 Å². The number of hydrogen-bond donors (Lipinski definition) is 0. The fourth-order valence-electron chi connectivity index (χ4n) is 6.26. The van der Waals surface area contributed by atoms with Crippen LogP contribution in [0.2, 0.25) is 0 Å². The van der Waals surface area contributed by atoms with Gasteiger partial charge < -0.3 is 9.47 Å². The predicted octanol–water partition coefficient (Wildman–Crippen LogP) is 7.11. The summed E-state index contributed by atoms with van der Waals surface area (Å²) >= 11 is 0. The van der Waals surface area contributed by atoms with Crippen molar-refractivity contribution >= 4 is 11.9 Å². The second kappa shape index (κ2) is 8.67. The van der Waals surface area contributed by atoms with E-state index in [0.717, 1.165) is 19.3 Å². The Morgan fingerprint density at radius 3 is 1.37 bits per heavy atom. The topological polar surface area (TPSA) is 52.6 Å². The normalized spacial score (nSPS) is 22.3. The van der Waals surface area contributed by atoms with Gasteiger partial charge in [-0.15, -0.1) is 0 Å². The van der Waals surface area contributed by atoms with E-state index in [1.165, 1.54) is 11.1 Å². The van der Waals surface area contributed by atoms with Gasteiger partial charge in [-0.05, 0) is 89.5 Å². The number of hydrogen-bond acceptors (Lipinski definition) is 4. The quantitative estimate of drug-likeness (QED) is 0.286. The first-order chi connectivity index (χ1) is 16.8. The zero-order chi connectivity index (χ0) is 24.8. The van der Waals surface area contributed by atoms with Gasteiger partial charge in [0.15, 0.2) is 11.5 Å². The smallest absolute Gasteiger partial charge is 0.343 e. The average molecular weight is 469 g/mol. The first-order valence-corrected chi connectivity index (χ1v) is 12.5. The van der Waals surface area contributed by atoms with Gasteiger partial charge in [-0.25, -0.2) is 9.59 Å². The van der Waals surface area contributed by atoms with Gasteiger partial charge in [0.1, 0.15) is 0 Å². The lowest BCUT2D eigenvalue weighted by Crippen LogP contribution is -2.28. The van der Waals surface area contributed by atoms with Gasteiger partial charge in [-0.1, -0.05) is 64.1 Å². The first kappa shape index (κ1) is 23.3. The van der Waals surface area contributed by atoms with Gasteiger partial charge in [0.25, 0.3) is 0 Å². The molecule has 0 amide bonds. The van der Waals surface area contributed by atoms with Crippen LogP contribution in [0, 0.1) is 11.8 Å². The van der Waals surface area contributed by atoms with Crippen LogP contribution in [0.15, 0.2) is 72.8 Å². The first-order valence-electron chi connectivity index (χ1n) is 12.5. The molecular weight excluding hydrogens is 436 g/mol. The average Bonchev–Trinajstić information content (AvgIpc) is 3.41. The Morgan fingerprint density at radius 2 is 1.03 bits per heavy atom. The van der Waals surface area contributed by atoms with Crippen molar-refractivity contribution in [3.05, 3.63) is 95.1 Å². The molecule has 0 saturated heterocycles. The number of esters is 2. The monoisotopic (exact) mass is 468 g/mol. The molecule has 2 atom stereocenters. The van der Waals surface area contributed by atoms with E-state index >= 15 is 0 Å². The van der Waals surface area contributed by atoms with Crippen LogP contribution in [0.4, 0.5) is 0 Å². The van der Waals surface area contributed by atoms with E-state index in [4.69, 9.17) is 9.47 Å². The Hall–Kier alpha value is -3.40. The molecule has 0 radical (unpaired) electrons. The van der Waals surface area contributed by atoms with E-state index in [2.05, 4.69) is 27.7 Å². The van der Waals surface area contributed by atoms with Crippen molar-refractivity contribution in [2.24, 2.45) is 11.8 Å². The van der Waals surface area contributed by atoms with Gasteiger partial charge in [0.05, 0.1) is 11.1 Å². The summed E-state index contributed by atoms with van der Waals surface area (Å²) in [6, 6.07) is 21.7. The number of benzene rings is 3. The van der Waals surface area contributed by atoms with Crippen LogP contribution in [0.1, 0.15) is 78.8 Å². The molecule has 1 saturated carbocycles. The fourth-order valence-corrected chi connectivity index (χ4v) is 6.26. The van der Waals surface area contributed by atoms with Crippen molar-refractivity contribution in [1.29, 1.82) is 0 Å². The number of rotatable bonds is 6. The van der Waals surface area contributed by atoms with Crippen LogP contribution in [-0.4, -0.2) is 11.9 Å². The molecule has 0 aliphatic heterocycles. The van der Waals surface area contributed by atoms with Crippen molar-refractivity contribution in [2.75, 3.05) is 0 Å². The van der Waals surface area contributed by atoms with E-state index in [-0.39, 0.29) is 10.8 Å². The Kier molecular flexibility index (Phi) is 5.79. The lowest BCUT2D eigenvalue weighted by Gasteiger charge is -2.35. The van der Waals surface area contributed by atoms with Crippen LogP contribution >= 0.6 is 0 Å². The standard InChI is InChI=1S/C31H32O4/c1-20(2)30-15-16-31(19-30,21(3)4)25-18-27(35-29(33)23-13-9-6-10-14-23)26(17-24(25)30)34-28(32)22-11-7-5-8-12-22/h5-14,17-18,20-21H,15-16,19H2,1-4H3. The Balaban J connectivity index is 1.62. The summed E-state index contributed by atoms with van der Waals surface area (Å²) in [5, 5.41) is 0. The van der Waals surface area contributed by atoms with Crippen molar-refractivity contribution in [2.45, 2.75) is 57.8 Å². The number of carbonyl (C=O) groups is 2. The zero-order valence-electron chi connectivity index (χ0n) is 20.8. The minimum atomic E-state index is -0.470. The maximum Gasteiger partial charge on any atom is 0.343 e. The summed E-state index contributed by atoms with van der Waals surface area (Å²) in [5.74, 6) is 0.548. The lowest BCUT2D eigenvalue weighted by molar-refractivity contribution is 0.0681. The zero-order valence-corrected chi connectivity index (χ0v) is 20.8. The molecule has 5 rings (SSSR count). The number of ether oxygens (including phenoxy) is 2. The highest BCUT2D eigenvalue weighted by atomic mass is 16.6. The molecule has 4 nitrogen and oxygen atoms in total. The van der Waals surface area contributed by atoms with Crippen molar-refractivity contribution in [1.82, 2.24) is 0 Å². The fraction of sp³-hybridized carbons (Fsp3) is 0.355. The summed E-state index contributed by atoms with van der Waals surface area (Å²) in [7, 11) is 0. The van der Waals surface area contributed by atoms with Gasteiger partial charge in [-0.3, -0.25) is 0 Å². The third-order valence-electron chi connectivity index (χ3n) is 8.44. The SMILES string of the molecule is CC(C)C12CCC(C(C)C)(C1)c1cc(OC(=O)c3ccccc3)c(OC(=O)c3ccccc3)cc12. The largest absolute Gasteiger partial charge is 0.419 e. The van der Waals surface area contributed by atoms with Gasteiger partial charge in [0.2, 0.25) is 0 Å². The van der Waals surface area contributed by atoms with E-state index in [0.29, 0.717) is 34.5 Å². The minimum absolute atomic E-state index is 0.0372. The summed E-state index contributed by atoms with van der Waals surface area (Å²) < 4.78 is 11.8. The van der Waals surface area contributed by atoms with E-state index in [1.807, 2.05) is 24.3 Å². The molecule has 2 aliphatic rings. The van der Waals surface area contributed by atoms with Crippen LogP contribution < -0.4 is 9.47 Å². The highest BCUT2D eigenvalue weighted by Gasteiger charge is 2.60. The summed E-state index contributed by atoms with van der Waals surface area (Å²) in [6.45, 7) is 9.13. The van der Waals surface area contributed by atoms with Gasteiger partial charge in [-0.2, -0.15) is 0 Å². The third kappa shape index (κ3) is 3.76. The van der Waals surface area contributed by atoms with Crippen molar-refractivity contribution in [3.63, 3.8) is 0 Å². The second-order valence-corrected chi connectivity index (χ2v) is 10.7. The molecule has 2 aliphatic carbocycles. The highest BCUT2D eigenvalue weighted by molar-refractivity contribution is 5.93. The molecule has 180 valence electrons. The molecular formula is C31H32O4. The number of carbonyl (C=O) groups excluding carboxylic acids is 2. The van der Waals surface area contributed by atoms with Crippen molar-refractivity contribution < 1.29 is 19.1 Å². The molecule has 1 fully saturated rings. The molecule has 2 bridgehead atoms.